The SMILES string of the molecule is COc1ccc(CCNC(=O)C(=O)Nc2ccc3c(c2)N(C(=O)C(C)C)CCC3)cc1OC. The van der Waals surface area contributed by atoms with Crippen LogP contribution in [0.25, 0.3) is 0 Å². The molecule has 2 aromatic carbocycles. The Kier molecular flexibility index (Phi) is 7.92. The standard InChI is InChI=1S/C25H31N3O5/c1-16(2)25(31)28-13-5-6-18-8-9-19(15-20(18)28)27-24(30)23(29)26-12-11-17-7-10-21(32-3)22(14-17)33-4/h7-10,14-16H,5-6,11-13H2,1-4H3,(H,26,29)(H,27,30). The minimum atomic E-state index is -0.750. The molecule has 176 valence electrons. The average Bonchev–Trinajstić information content (AvgIpc) is 2.82. The van der Waals surface area contributed by atoms with Crippen molar-refractivity contribution in [2.24, 2.45) is 5.92 Å². The van der Waals surface area contributed by atoms with Crippen LogP contribution in [0.2, 0.25) is 0 Å². The predicted molar refractivity (Wildman–Crippen MR) is 127 cm³/mol. The van der Waals surface area contributed by atoms with Crippen molar-refractivity contribution in [2.45, 2.75) is 33.1 Å². The van der Waals surface area contributed by atoms with E-state index in [1.807, 2.05) is 32.0 Å². The molecule has 1 heterocycles. The maximum Gasteiger partial charge on any atom is 0.313 e. The van der Waals surface area contributed by atoms with Crippen LogP contribution >= 0.6 is 0 Å². The first-order valence-corrected chi connectivity index (χ1v) is 11.1. The summed E-state index contributed by atoms with van der Waals surface area (Å²) >= 11 is 0. The summed E-state index contributed by atoms with van der Waals surface area (Å²) in [5.41, 5.74) is 3.29. The quantitative estimate of drug-likeness (QED) is 0.629. The summed E-state index contributed by atoms with van der Waals surface area (Å²) in [7, 11) is 3.13. The van der Waals surface area contributed by atoms with Crippen LogP contribution in [0, 0.1) is 5.92 Å². The van der Waals surface area contributed by atoms with Gasteiger partial charge in [-0.15, -0.1) is 0 Å². The van der Waals surface area contributed by atoms with Crippen LogP contribution in [-0.2, 0) is 27.2 Å². The smallest absolute Gasteiger partial charge is 0.313 e. The van der Waals surface area contributed by atoms with E-state index in [2.05, 4.69) is 10.6 Å². The van der Waals surface area contributed by atoms with Crippen LogP contribution < -0.4 is 25.0 Å². The molecule has 33 heavy (non-hydrogen) atoms. The molecule has 0 radical (unpaired) electrons. The van der Waals surface area contributed by atoms with Gasteiger partial charge in [0, 0.05) is 30.4 Å². The summed E-state index contributed by atoms with van der Waals surface area (Å²) in [5, 5.41) is 5.27. The second kappa shape index (κ2) is 10.8. The van der Waals surface area contributed by atoms with Gasteiger partial charge in [-0.05, 0) is 54.7 Å². The van der Waals surface area contributed by atoms with Crippen molar-refractivity contribution in [1.82, 2.24) is 5.32 Å². The van der Waals surface area contributed by atoms with Crippen molar-refractivity contribution in [2.75, 3.05) is 37.5 Å². The maximum atomic E-state index is 12.6. The molecule has 1 aliphatic rings. The highest BCUT2D eigenvalue weighted by atomic mass is 16.5. The first kappa shape index (κ1) is 24.1. The first-order valence-electron chi connectivity index (χ1n) is 11.1. The molecule has 8 heteroatoms. The highest BCUT2D eigenvalue weighted by Crippen LogP contribution is 2.31. The minimum Gasteiger partial charge on any atom is -0.493 e. The van der Waals surface area contributed by atoms with Crippen LogP contribution in [0.5, 0.6) is 11.5 Å². The Morgan fingerprint density at radius 1 is 1.00 bits per heavy atom. The zero-order valence-electron chi connectivity index (χ0n) is 19.6. The van der Waals surface area contributed by atoms with Crippen molar-refractivity contribution in [1.29, 1.82) is 0 Å². The molecule has 3 amide bonds. The topological polar surface area (TPSA) is 97.0 Å². The number of nitrogens with one attached hydrogen (secondary N) is 2. The number of methoxy groups -OCH3 is 2. The number of hydrogen-bond acceptors (Lipinski definition) is 5. The van der Waals surface area contributed by atoms with Gasteiger partial charge in [0.05, 0.1) is 14.2 Å². The van der Waals surface area contributed by atoms with E-state index in [0.29, 0.717) is 36.7 Å². The molecule has 8 nitrogen and oxygen atoms in total. The van der Waals surface area contributed by atoms with E-state index < -0.39 is 11.8 Å². The second-order valence-corrected chi connectivity index (χ2v) is 8.24. The summed E-state index contributed by atoms with van der Waals surface area (Å²) in [6.45, 7) is 4.68. The Bertz CT molecular complexity index is 1030. The van der Waals surface area contributed by atoms with Crippen molar-refractivity contribution in [3.63, 3.8) is 0 Å². The van der Waals surface area contributed by atoms with E-state index in [1.54, 1.807) is 37.3 Å². The van der Waals surface area contributed by atoms with Crippen LogP contribution in [0.4, 0.5) is 11.4 Å². The van der Waals surface area contributed by atoms with Gasteiger partial charge in [-0.3, -0.25) is 14.4 Å². The van der Waals surface area contributed by atoms with E-state index in [9.17, 15) is 14.4 Å². The summed E-state index contributed by atoms with van der Waals surface area (Å²) in [6.07, 6.45) is 2.31. The fourth-order valence-corrected chi connectivity index (χ4v) is 3.82. The van der Waals surface area contributed by atoms with Crippen LogP contribution in [0.1, 0.15) is 31.4 Å². The molecule has 0 spiro atoms. The third kappa shape index (κ3) is 5.83. The molecule has 0 unspecified atom stereocenters. The largest absolute Gasteiger partial charge is 0.493 e. The molecule has 0 bridgehead atoms. The Morgan fingerprint density at radius 3 is 2.45 bits per heavy atom. The zero-order valence-corrected chi connectivity index (χ0v) is 19.6. The van der Waals surface area contributed by atoms with Gasteiger partial charge in [0.25, 0.3) is 0 Å². The molecular formula is C25H31N3O5. The van der Waals surface area contributed by atoms with Crippen LogP contribution in [0.15, 0.2) is 36.4 Å². The number of nitrogens with zero attached hydrogens (tertiary/aromatic N) is 1. The number of rotatable bonds is 7. The Morgan fingerprint density at radius 2 is 1.76 bits per heavy atom. The molecule has 0 fully saturated rings. The van der Waals surface area contributed by atoms with Gasteiger partial charge in [0.15, 0.2) is 11.5 Å². The van der Waals surface area contributed by atoms with E-state index in [1.165, 1.54) is 0 Å². The normalized spacial score (nSPS) is 12.7. The van der Waals surface area contributed by atoms with Gasteiger partial charge in [0.2, 0.25) is 5.91 Å². The Labute approximate surface area is 194 Å². The molecule has 0 aliphatic carbocycles. The summed E-state index contributed by atoms with van der Waals surface area (Å²) in [4.78, 5) is 39.0. The maximum absolute atomic E-state index is 12.6. The number of amides is 3. The number of ether oxygens (including phenoxy) is 2. The van der Waals surface area contributed by atoms with Crippen molar-refractivity contribution >= 4 is 29.1 Å². The van der Waals surface area contributed by atoms with Crippen LogP contribution in [-0.4, -0.2) is 45.0 Å². The number of aryl methyl sites for hydroxylation is 1. The fourth-order valence-electron chi connectivity index (χ4n) is 3.82. The molecule has 2 N–H and O–H groups in total. The van der Waals surface area contributed by atoms with Gasteiger partial charge in [-0.1, -0.05) is 26.0 Å². The van der Waals surface area contributed by atoms with E-state index >= 15 is 0 Å². The highest BCUT2D eigenvalue weighted by Gasteiger charge is 2.25. The predicted octanol–water partition coefficient (Wildman–Crippen LogP) is 2.94. The lowest BCUT2D eigenvalue weighted by molar-refractivity contribution is -0.136. The van der Waals surface area contributed by atoms with Gasteiger partial charge in [-0.2, -0.15) is 0 Å². The van der Waals surface area contributed by atoms with E-state index in [-0.39, 0.29) is 11.8 Å². The number of carbonyl (C=O) groups excluding carboxylic acids is 3. The first-order chi connectivity index (χ1) is 15.8. The monoisotopic (exact) mass is 453 g/mol. The fraction of sp³-hybridized carbons (Fsp3) is 0.400. The van der Waals surface area contributed by atoms with Gasteiger partial charge in [0.1, 0.15) is 0 Å². The Balaban J connectivity index is 1.58. The number of anilines is 2. The van der Waals surface area contributed by atoms with E-state index in [4.69, 9.17) is 9.47 Å². The third-order valence-electron chi connectivity index (χ3n) is 5.58. The number of fused-ring (bicyclic) bond motifs is 1. The summed E-state index contributed by atoms with van der Waals surface area (Å²) in [5.74, 6) is -0.305. The second-order valence-electron chi connectivity index (χ2n) is 8.24. The molecular weight excluding hydrogens is 422 g/mol. The number of hydrogen-bond donors (Lipinski definition) is 2. The number of benzene rings is 2. The lowest BCUT2D eigenvalue weighted by Crippen LogP contribution is -2.38. The summed E-state index contributed by atoms with van der Waals surface area (Å²) in [6, 6.07) is 10.9. The molecule has 0 saturated carbocycles. The molecule has 3 rings (SSSR count). The van der Waals surface area contributed by atoms with Gasteiger partial charge < -0.3 is 25.0 Å². The average molecular weight is 454 g/mol. The number of carbonyl (C=O) groups is 3. The van der Waals surface area contributed by atoms with Gasteiger partial charge in [-0.25, -0.2) is 0 Å². The molecule has 2 aromatic rings. The van der Waals surface area contributed by atoms with Crippen molar-refractivity contribution in [3.05, 3.63) is 47.5 Å². The van der Waals surface area contributed by atoms with Crippen LogP contribution in [0.3, 0.4) is 0 Å². The highest BCUT2D eigenvalue weighted by molar-refractivity contribution is 6.39. The molecule has 0 atom stereocenters. The van der Waals surface area contributed by atoms with E-state index in [0.717, 1.165) is 29.7 Å². The zero-order chi connectivity index (χ0) is 24.0. The minimum absolute atomic E-state index is 0.0485. The van der Waals surface area contributed by atoms with Crippen molar-refractivity contribution < 1.29 is 23.9 Å². The Hall–Kier alpha value is -3.55. The molecule has 0 aromatic heterocycles. The molecule has 1 aliphatic heterocycles. The lowest BCUT2D eigenvalue weighted by atomic mass is 9.99. The van der Waals surface area contributed by atoms with Crippen molar-refractivity contribution in [3.8, 4) is 11.5 Å². The lowest BCUT2D eigenvalue weighted by Gasteiger charge is -2.31. The van der Waals surface area contributed by atoms with Gasteiger partial charge >= 0.3 is 11.8 Å². The summed E-state index contributed by atoms with van der Waals surface area (Å²) < 4.78 is 10.5. The third-order valence-corrected chi connectivity index (χ3v) is 5.58. The molecule has 0 saturated heterocycles.